The second-order valence-electron chi connectivity index (χ2n) is 4.97. The first kappa shape index (κ1) is 15.9. The number of carbonyl (C=O) groups is 2. The summed E-state index contributed by atoms with van der Waals surface area (Å²) < 4.78 is 5.06. The van der Waals surface area contributed by atoms with E-state index in [2.05, 4.69) is 5.32 Å². The van der Waals surface area contributed by atoms with Crippen LogP contribution in [0.3, 0.4) is 0 Å². The van der Waals surface area contributed by atoms with Crippen LogP contribution in [0.5, 0.6) is 0 Å². The molecule has 2 aromatic rings. The van der Waals surface area contributed by atoms with Crippen LogP contribution in [0.25, 0.3) is 0 Å². The third-order valence-corrected chi connectivity index (χ3v) is 3.20. The van der Waals surface area contributed by atoms with Crippen molar-refractivity contribution in [3.05, 3.63) is 65.7 Å². The van der Waals surface area contributed by atoms with Gasteiger partial charge in [-0.1, -0.05) is 42.5 Å². The van der Waals surface area contributed by atoms with E-state index in [0.29, 0.717) is 17.9 Å². The van der Waals surface area contributed by atoms with E-state index in [0.717, 1.165) is 5.56 Å². The fraction of sp³-hybridized carbons (Fsp3) is 0.222. The van der Waals surface area contributed by atoms with Crippen molar-refractivity contribution in [1.29, 1.82) is 0 Å². The van der Waals surface area contributed by atoms with E-state index < -0.39 is 0 Å². The summed E-state index contributed by atoms with van der Waals surface area (Å²) >= 11 is 0. The van der Waals surface area contributed by atoms with E-state index in [9.17, 15) is 9.59 Å². The van der Waals surface area contributed by atoms with Crippen LogP contribution in [0, 0.1) is 0 Å². The minimum absolute atomic E-state index is 0.0242. The Morgan fingerprint density at radius 1 is 1.00 bits per heavy atom. The first-order valence-electron chi connectivity index (χ1n) is 7.15. The van der Waals surface area contributed by atoms with E-state index in [4.69, 9.17) is 4.74 Å². The van der Waals surface area contributed by atoms with Gasteiger partial charge in [0.25, 0.3) is 0 Å². The van der Waals surface area contributed by atoms with Crippen LogP contribution >= 0.6 is 0 Å². The number of nitrogens with one attached hydrogen (secondary N) is 1. The molecule has 22 heavy (non-hydrogen) atoms. The zero-order chi connectivity index (χ0) is 15.8. The fourth-order valence-electron chi connectivity index (χ4n) is 2.12. The van der Waals surface area contributed by atoms with Gasteiger partial charge in [-0.15, -0.1) is 0 Å². The minimum Gasteiger partial charge on any atom is -0.380 e. The van der Waals surface area contributed by atoms with Crippen molar-refractivity contribution in [2.45, 2.75) is 19.4 Å². The zero-order valence-corrected chi connectivity index (χ0v) is 12.5. The average molecular weight is 297 g/mol. The Morgan fingerprint density at radius 2 is 1.77 bits per heavy atom. The monoisotopic (exact) mass is 297 g/mol. The van der Waals surface area contributed by atoms with Gasteiger partial charge in [0.05, 0.1) is 6.61 Å². The SMILES string of the molecule is COCc1cccc(NC(=O)CCC(=O)c2ccccc2)c1. The Morgan fingerprint density at radius 3 is 2.50 bits per heavy atom. The maximum atomic E-state index is 11.9. The first-order chi connectivity index (χ1) is 10.7. The number of methoxy groups -OCH3 is 1. The van der Waals surface area contributed by atoms with Crippen molar-refractivity contribution in [2.75, 3.05) is 12.4 Å². The molecule has 0 aliphatic rings. The van der Waals surface area contributed by atoms with Crippen LogP contribution < -0.4 is 5.32 Å². The molecule has 0 aromatic heterocycles. The minimum atomic E-state index is -0.168. The zero-order valence-electron chi connectivity index (χ0n) is 12.5. The predicted octanol–water partition coefficient (Wildman–Crippen LogP) is 3.43. The van der Waals surface area contributed by atoms with Crippen molar-refractivity contribution >= 4 is 17.4 Å². The molecular weight excluding hydrogens is 278 g/mol. The lowest BCUT2D eigenvalue weighted by Crippen LogP contribution is -2.13. The van der Waals surface area contributed by atoms with Crippen LogP contribution in [0.15, 0.2) is 54.6 Å². The van der Waals surface area contributed by atoms with Crippen LogP contribution in [-0.4, -0.2) is 18.8 Å². The third kappa shape index (κ3) is 4.82. The van der Waals surface area contributed by atoms with E-state index in [1.807, 2.05) is 42.5 Å². The molecule has 114 valence electrons. The number of rotatable bonds is 7. The summed E-state index contributed by atoms with van der Waals surface area (Å²) in [7, 11) is 1.63. The van der Waals surface area contributed by atoms with E-state index in [1.54, 1.807) is 19.2 Å². The summed E-state index contributed by atoms with van der Waals surface area (Å²) in [5, 5.41) is 2.80. The van der Waals surface area contributed by atoms with Crippen LogP contribution in [0.2, 0.25) is 0 Å². The molecular formula is C18H19NO3. The molecule has 0 fully saturated rings. The molecule has 0 saturated carbocycles. The number of hydrogen-bond acceptors (Lipinski definition) is 3. The maximum absolute atomic E-state index is 11.9. The average Bonchev–Trinajstić information content (AvgIpc) is 2.54. The highest BCUT2D eigenvalue weighted by Gasteiger charge is 2.09. The lowest BCUT2D eigenvalue weighted by molar-refractivity contribution is -0.116. The van der Waals surface area contributed by atoms with E-state index in [-0.39, 0.29) is 24.5 Å². The molecule has 4 nitrogen and oxygen atoms in total. The number of Topliss-reactive ketones (excluding diaryl/α,β-unsaturated/α-hetero) is 1. The Balaban J connectivity index is 1.85. The summed E-state index contributed by atoms with van der Waals surface area (Å²) in [6.45, 7) is 0.496. The summed E-state index contributed by atoms with van der Waals surface area (Å²) in [5.74, 6) is -0.192. The fourth-order valence-corrected chi connectivity index (χ4v) is 2.12. The molecule has 0 atom stereocenters. The highest BCUT2D eigenvalue weighted by molar-refractivity contribution is 5.99. The number of hydrogen-bond donors (Lipinski definition) is 1. The molecule has 0 bridgehead atoms. The molecule has 0 aliphatic carbocycles. The standard InChI is InChI=1S/C18H19NO3/c1-22-13-14-6-5-9-16(12-14)19-18(21)11-10-17(20)15-7-3-2-4-8-15/h2-9,12H,10-11,13H2,1H3,(H,19,21). The largest absolute Gasteiger partial charge is 0.380 e. The van der Waals surface area contributed by atoms with Crippen LogP contribution in [0.4, 0.5) is 5.69 Å². The molecule has 0 spiro atoms. The number of carbonyl (C=O) groups excluding carboxylic acids is 2. The van der Waals surface area contributed by atoms with Crippen molar-refractivity contribution in [2.24, 2.45) is 0 Å². The van der Waals surface area contributed by atoms with Gasteiger partial charge in [0, 0.05) is 31.2 Å². The number of amides is 1. The van der Waals surface area contributed by atoms with Crippen molar-refractivity contribution in [1.82, 2.24) is 0 Å². The summed E-state index contributed by atoms with van der Waals surface area (Å²) in [5.41, 5.74) is 2.34. The number of benzene rings is 2. The topological polar surface area (TPSA) is 55.4 Å². The first-order valence-corrected chi connectivity index (χ1v) is 7.15. The molecule has 1 amide bonds. The van der Waals surface area contributed by atoms with E-state index in [1.165, 1.54) is 0 Å². The summed E-state index contributed by atoms with van der Waals surface area (Å²) in [6, 6.07) is 16.5. The van der Waals surface area contributed by atoms with Gasteiger partial charge in [-0.25, -0.2) is 0 Å². The number of anilines is 1. The molecule has 4 heteroatoms. The molecule has 0 heterocycles. The van der Waals surface area contributed by atoms with E-state index >= 15 is 0 Å². The normalized spacial score (nSPS) is 10.2. The second kappa shape index (κ2) is 8.10. The van der Waals surface area contributed by atoms with Crippen molar-refractivity contribution < 1.29 is 14.3 Å². The quantitative estimate of drug-likeness (QED) is 0.797. The van der Waals surface area contributed by atoms with Crippen LogP contribution in [0.1, 0.15) is 28.8 Å². The molecule has 0 radical (unpaired) electrons. The molecule has 0 unspecified atom stereocenters. The smallest absolute Gasteiger partial charge is 0.224 e. The van der Waals surface area contributed by atoms with Gasteiger partial charge in [0.1, 0.15) is 0 Å². The Labute approximate surface area is 130 Å². The summed E-state index contributed by atoms with van der Waals surface area (Å²) in [4.78, 5) is 23.9. The van der Waals surface area contributed by atoms with Crippen molar-refractivity contribution in [3.63, 3.8) is 0 Å². The summed E-state index contributed by atoms with van der Waals surface area (Å²) in [6.07, 6.45) is 0.371. The van der Waals surface area contributed by atoms with Gasteiger partial charge >= 0.3 is 0 Å². The maximum Gasteiger partial charge on any atom is 0.224 e. The van der Waals surface area contributed by atoms with Gasteiger partial charge in [-0.2, -0.15) is 0 Å². The molecule has 0 aliphatic heterocycles. The van der Waals surface area contributed by atoms with Gasteiger partial charge < -0.3 is 10.1 Å². The molecule has 2 aromatic carbocycles. The number of ether oxygens (including phenoxy) is 1. The van der Waals surface area contributed by atoms with Gasteiger partial charge in [-0.05, 0) is 17.7 Å². The van der Waals surface area contributed by atoms with Crippen LogP contribution in [-0.2, 0) is 16.1 Å². The molecule has 1 N–H and O–H groups in total. The molecule has 0 saturated heterocycles. The Kier molecular flexibility index (Phi) is 5.86. The van der Waals surface area contributed by atoms with Crippen molar-refractivity contribution in [3.8, 4) is 0 Å². The third-order valence-electron chi connectivity index (χ3n) is 3.20. The number of ketones is 1. The van der Waals surface area contributed by atoms with Gasteiger partial charge in [0.15, 0.2) is 5.78 Å². The second-order valence-corrected chi connectivity index (χ2v) is 4.97. The molecule has 2 rings (SSSR count). The lowest BCUT2D eigenvalue weighted by Gasteiger charge is -2.07. The highest BCUT2D eigenvalue weighted by Crippen LogP contribution is 2.12. The Hall–Kier alpha value is -2.46. The lowest BCUT2D eigenvalue weighted by atomic mass is 10.1. The van der Waals surface area contributed by atoms with Gasteiger partial charge in [-0.3, -0.25) is 9.59 Å². The highest BCUT2D eigenvalue weighted by atomic mass is 16.5. The Bertz CT molecular complexity index is 638. The predicted molar refractivity (Wildman–Crippen MR) is 85.8 cm³/mol. The van der Waals surface area contributed by atoms with Gasteiger partial charge in [0.2, 0.25) is 5.91 Å².